The first-order valence-electron chi connectivity index (χ1n) is 8.55. The Kier molecular flexibility index (Phi) is 6.09. The molecule has 1 aliphatic heterocycles. The number of carbonyl (C=O) groups is 1. The highest BCUT2D eigenvalue weighted by molar-refractivity contribution is 7.52. The molecule has 0 aliphatic carbocycles. The van der Waals surface area contributed by atoms with E-state index in [4.69, 9.17) is 4.74 Å². The first kappa shape index (κ1) is 19.7. The van der Waals surface area contributed by atoms with Crippen molar-refractivity contribution in [3.8, 4) is 0 Å². The third kappa shape index (κ3) is 5.03. The van der Waals surface area contributed by atoms with Crippen LogP contribution in [0.3, 0.4) is 0 Å². The minimum atomic E-state index is -4.61. The maximum Gasteiger partial charge on any atom is 0.335 e. The molecule has 27 heavy (non-hydrogen) atoms. The molecule has 1 aliphatic rings. The summed E-state index contributed by atoms with van der Waals surface area (Å²) in [5.41, 5.74) is -0.403. The van der Waals surface area contributed by atoms with Crippen LogP contribution in [0.25, 0.3) is 10.8 Å². The van der Waals surface area contributed by atoms with Gasteiger partial charge in [0.2, 0.25) is 6.29 Å². The Morgan fingerprint density at radius 2 is 1.89 bits per heavy atom. The van der Waals surface area contributed by atoms with Gasteiger partial charge in [-0.25, -0.2) is 4.79 Å². The fraction of sp³-hybridized carbons (Fsp3) is 0.316. The zero-order chi connectivity index (χ0) is 19.4. The maximum atomic E-state index is 11.7. The molecule has 0 spiro atoms. The zero-order valence-corrected chi connectivity index (χ0v) is 15.4. The standard InChI is InChI=1S/C19H21O7P/c20-18-11-16(19(21)26-18)17(27(22,23)24)12-25-9-3-4-13-7-8-14-5-1-2-6-15(14)10-13/h1-2,5-8,10-11,17,19,21H,3-4,9,12H2,(H2,22,23,24). The number of hydrogen-bond donors (Lipinski definition) is 3. The Bertz CT molecular complexity index is 902. The lowest BCUT2D eigenvalue weighted by atomic mass is 10.0. The number of rotatable bonds is 8. The molecule has 7 nitrogen and oxygen atoms in total. The number of ether oxygens (including phenoxy) is 2. The second kappa shape index (κ2) is 8.33. The summed E-state index contributed by atoms with van der Waals surface area (Å²) in [5.74, 6) is -0.827. The van der Waals surface area contributed by atoms with E-state index in [1.165, 1.54) is 5.39 Å². The van der Waals surface area contributed by atoms with Crippen LogP contribution in [0.15, 0.2) is 54.1 Å². The summed E-state index contributed by atoms with van der Waals surface area (Å²) < 4.78 is 21.6. The Morgan fingerprint density at radius 1 is 1.15 bits per heavy atom. The van der Waals surface area contributed by atoms with Gasteiger partial charge in [-0.2, -0.15) is 0 Å². The zero-order valence-electron chi connectivity index (χ0n) is 14.5. The van der Waals surface area contributed by atoms with E-state index >= 15 is 0 Å². The van der Waals surface area contributed by atoms with E-state index in [9.17, 15) is 24.3 Å². The number of aryl methyl sites for hydroxylation is 1. The summed E-state index contributed by atoms with van der Waals surface area (Å²) in [4.78, 5) is 30.1. The Hall–Kier alpha value is -2.02. The third-order valence-corrected chi connectivity index (χ3v) is 5.69. The molecule has 0 fully saturated rings. The van der Waals surface area contributed by atoms with Crippen LogP contribution < -0.4 is 0 Å². The highest BCUT2D eigenvalue weighted by Gasteiger charge is 2.40. The van der Waals surface area contributed by atoms with Crippen LogP contribution >= 0.6 is 7.60 Å². The summed E-state index contributed by atoms with van der Waals surface area (Å²) in [5, 5.41) is 11.9. The summed E-state index contributed by atoms with van der Waals surface area (Å²) in [6.45, 7) is -0.0109. The van der Waals surface area contributed by atoms with Crippen molar-refractivity contribution in [3.05, 3.63) is 59.7 Å². The Labute approximate surface area is 156 Å². The fourth-order valence-electron chi connectivity index (χ4n) is 3.04. The van der Waals surface area contributed by atoms with Crippen LogP contribution in [0, 0.1) is 0 Å². The van der Waals surface area contributed by atoms with Crippen LogP contribution in [0.4, 0.5) is 0 Å². The number of benzene rings is 2. The van der Waals surface area contributed by atoms with Gasteiger partial charge in [-0.1, -0.05) is 42.5 Å². The minimum Gasteiger partial charge on any atom is -0.429 e. The van der Waals surface area contributed by atoms with Gasteiger partial charge in [0.1, 0.15) is 5.66 Å². The summed E-state index contributed by atoms with van der Waals surface area (Å²) in [6.07, 6.45) is 0.699. The van der Waals surface area contributed by atoms with E-state index in [1.807, 2.05) is 30.3 Å². The lowest BCUT2D eigenvalue weighted by molar-refractivity contribution is -0.151. The summed E-state index contributed by atoms with van der Waals surface area (Å²) in [7, 11) is -4.61. The Balaban J connectivity index is 1.52. The van der Waals surface area contributed by atoms with Crippen molar-refractivity contribution in [1.29, 1.82) is 0 Å². The van der Waals surface area contributed by atoms with Gasteiger partial charge in [0.15, 0.2) is 0 Å². The topological polar surface area (TPSA) is 113 Å². The van der Waals surface area contributed by atoms with Crippen molar-refractivity contribution >= 4 is 24.3 Å². The van der Waals surface area contributed by atoms with Crippen LogP contribution in [0.2, 0.25) is 0 Å². The molecule has 0 radical (unpaired) electrons. The van der Waals surface area contributed by atoms with Crippen molar-refractivity contribution in [3.63, 3.8) is 0 Å². The van der Waals surface area contributed by atoms with Crippen LogP contribution in [0.5, 0.6) is 0 Å². The van der Waals surface area contributed by atoms with Gasteiger partial charge < -0.3 is 24.4 Å². The second-order valence-electron chi connectivity index (χ2n) is 6.40. The summed E-state index contributed by atoms with van der Waals surface area (Å²) >= 11 is 0. The molecule has 2 atom stereocenters. The van der Waals surface area contributed by atoms with E-state index in [0.717, 1.165) is 23.4 Å². The molecule has 0 aromatic heterocycles. The lowest BCUT2D eigenvalue weighted by Gasteiger charge is -2.21. The predicted octanol–water partition coefficient (Wildman–Crippen LogP) is 2.14. The first-order valence-corrected chi connectivity index (χ1v) is 10.2. The van der Waals surface area contributed by atoms with E-state index in [2.05, 4.69) is 16.9 Å². The van der Waals surface area contributed by atoms with Gasteiger partial charge in [-0.05, 0) is 29.2 Å². The van der Waals surface area contributed by atoms with E-state index in [0.29, 0.717) is 13.0 Å². The number of aliphatic hydroxyl groups excluding tert-OH is 1. The molecule has 0 bridgehead atoms. The molecule has 2 aromatic carbocycles. The highest BCUT2D eigenvalue weighted by Crippen LogP contribution is 2.46. The number of esters is 1. The first-order chi connectivity index (χ1) is 12.8. The Morgan fingerprint density at radius 3 is 2.56 bits per heavy atom. The van der Waals surface area contributed by atoms with Crippen molar-refractivity contribution in [2.75, 3.05) is 13.2 Å². The molecule has 0 amide bonds. The highest BCUT2D eigenvalue weighted by atomic mass is 31.2. The van der Waals surface area contributed by atoms with Crippen molar-refractivity contribution in [1.82, 2.24) is 0 Å². The average molecular weight is 392 g/mol. The molecule has 0 saturated heterocycles. The van der Waals surface area contributed by atoms with Gasteiger partial charge >= 0.3 is 13.6 Å². The van der Waals surface area contributed by atoms with Gasteiger partial charge in [0, 0.05) is 18.3 Å². The largest absolute Gasteiger partial charge is 0.429 e. The molecule has 1 heterocycles. The quantitative estimate of drug-likeness (QED) is 0.358. The number of cyclic esters (lactones) is 1. The lowest BCUT2D eigenvalue weighted by Crippen LogP contribution is -2.25. The van der Waals surface area contributed by atoms with Gasteiger partial charge in [-0.3, -0.25) is 4.57 Å². The molecule has 3 rings (SSSR count). The molecule has 8 heteroatoms. The predicted molar refractivity (Wildman–Crippen MR) is 99.1 cm³/mol. The number of carbonyl (C=O) groups excluding carboxylic acids is 1. The molecule has 3 N–H and O–H groups in total. The van der Waals surface area contributed by atoms with Gasteiger partial charge in [0.25, 0.3) is 0 Å². The number of hydrogen-bond acceptors (Lipinski definition) is 5. The normalized spacial score (nSPS) is 18.4. The van der Waals surface area contributed by atoms with E-state index in [1.54, 1.807) is 0 Å². The maximum absolute atomic E-state index is 11.7. The second-order valence-corrected chi connectivity index (χ2v) is 8.20. The van der Waals surface area contributed by atoms with Crippen LogP contribution in [-0.4, -0.2) is 46.0 Å². The van der Waals surface area contributed by atoms with Crippen molar-refractivity contribution in [2.24, 2.45) is 0 Å². The third-order valence-electron chi connectivity index (χ3n) is 4.43. The van der Waals surface area contributed by atoms with Gasteiger partial charge in [-0.15, -0.1) is 0 Å². The van der Waals surface area contributed by atoms with Crippen molar-refractivity contribution < 1.29 is 33.7 Å². The SMILES string of the molecule is O=C1C=C(C(COCCCc2ccc3ccccc3c2)P(=O)(O)O)C(O)O1. The summed E-state index contributed by atoms with van der Waals surface area (Å²) in [6, 6.07) is 14.3. The molecule has 0 saturated carbocycles. The molecular weight excluding hydrogens is 371 g/mol. The smallest absolute Gasteiger partial charge is 0.335 e. The molecule has 2 unspecified atom stereocenters. The number of aliphatic hydroxyl groups is 1. The number of fused-ring (bicyclic) bond motifs is 1. The minimum absolute atomic E-state index is 0.150. The van der Waals surface area contributed by atoms with Crippen LogP contribution in [-0.2, 0) is 25.3 Å². The molecular formula is C19H21O7P. The monoisotopic (exact) mass is 392 g/mol. The van der Waals surface area contributed by atoms with Gasteiger partial charge in [0.05, 0.1) is 6.61 Å². The van der Waals surface area contributed by atoms with Crippen LogP contribution in [0.1, 0.15) is 12.0 Å². The van der Waals surface area contributed by atoms with E-state index in [-0.39, 0.29) is 12.2 Å². The van der Waals surface area contributed by atoms with E-state index < -0.39 is 25.5 Å². The molecule has 144 valence electrons. The average Bonchev–Trinajstić information content (AvgIpc) is 2.94. The molecule has 2 aromatic rings. The van der Waals surface area contributed by atoms with Crippen molar-refractivity contribution in [2.45, 2.75) is 24.8 Å². The fourth-order valence-corrected chi connectivity index (χ4v) is 3.93.